The zero-order valence-electron chi connectivity index (χ0n) is 8.66. The average molecular weight is 201 g/mol. The number of nitrogens with zero attached hydrogens (tertiary/aromatic N) is 1. The fraction of sp³-hybridized carbons (Fsp3) is 0.900. The number of piperidine rings is 1. The van der Waals surface area contributed by atoms with Gasteiger partial charge in [0.05, 0.1) is 5.25 Å². The fourth-order valence-electron chi connectivity index (χ4n) is 1.73. The van der Waals surface area contributed by atoms with E-state index in [1.807, 2.05) is 11.8 Å². The summed E-state index contributed by atoms with van der Waals surface area (Å²) in [6, 6.07) is 0. The molecule has 0 N–H and O–H groups in total. The van der Waals surface area contributed by atoms with E-state index in [1.54, 1.807) is 0 Å². The summed E-state index contributed by atoms with van der Waals surface area (Å²) in [4.78, 5) is 13.5. The molecule has 0 aliphatic carbocycles. The highest BCUT2D eigenvalue weighted by atomic mass is 32.1. The van der Waals surface area contributed by atoms with Crippen LogP contribution in [0, 0.1) is 11.8 Å². The van der Waals surface area contributed by atoms with Gasteiger partial charge in [-0.25, -0.2) is 0 Å². The molecule has 0 bridgehead atoms. The maximum atomic E-state index is 11.6. The molecule has 2 nitrogen and oxygen atoms in total. The molecular formula is C10H19NOS. The van der Waals surface area contributed by atoms with Crippen LogP contribution in [0.3, 0.4) is 0 Å². The smallest absolute Gasteiger partial charge is 0.235 e. The molecule has 0 spiro atoms. The van der Waals surface area contributed by atoms with Gasteiger partial charge in [0.15, 0.2) is 0 Å². The van der Waals surface area contributed by atoms with Crippen LogP contribution < -0.4 is 0 Å². The van der Waals surface area contributed by atoms with Gasteiger partial charge in [-0.2, -0.15) is 12.6 Å². The second-order valence-corrected chi connectivity index (χ2v) is 4.98. The highest BCUT2D eigenvalue weighted by Crippen LogP contribution is 2.23. The number of amides is 1. The molecule has 1 rings (SSSR count). The van der Waals surface area contributed by atoms with E-state index in [1.165, 1.54) is 0 Å². The van der Waals surface area contributed by atoms with Crippen LogP contribution in [0.15, 0.2) is 0 Å². The van der Waals surface area contributed by atoms with Gasteiger partial charge in [0.2, 0.25) is 5.91 Å². The van der Waals surface area contributed by atoms with Crippen molar-refractivity contribution in [3.05, 3.63) is 0 Å². The van der Waals surface area contributed by atoms with Crippen LogP contribution in [0.1, 0.15) is 27.2 Å². The number of carbonyl (C=O) groups excluding carboxylic acids is 1. The van der Waals surface area contributed by atoms with Crippen molar-refractivity contribution < 1.29 is 4.79 Å². The van der Waals surface area contributed by atoms with Crippen molar-refractivity contribution in [3.8, 4) is 0 Å². The van der Waals surface area contributed by atoms with Gasteiger partial charge >= 0.3 is 0 Å². The lowest BCUT2D eigenvalue weighted by atomic mass is 9.88. The minimum absolute atomic E-state index is 0.152. The van der Waals surface area contributed by atoms with Crippen molar-refractivity contribution in [2.75, 3.05) is 13.1 Å². The molecule has 3 heteroatoms. The summed E-state index contributed by atoms with van der Waals surface area (Å²) in [5, 5.41) is -0.152. The predicted molar refractivity (Wildman–Crippen MR) is 58.0 cm³/mol. The molecule has 1 aliphatic heterocycles. The Morgan fingerprint density at radius 2 is 2.08 bits per heavy atom. The molecule has 1 aliphatic rings. The maximum Gasteiger partial charge on any atom is 0.235 e. The van der Waals surface area contributed by atoms with E-state index in [9.17, 15) is 4.79 Å². The second-order valence-electron chi connectivity index (χ2n) is 4.20. The van der Waals surface area contributed by atoms with Crippen LogP contribution in [0.25, 0.3) is 0 Å². The Labute approximate surface area is 86.1 Å². The molecule has 0 radical (unpaired) electrons. The van der Waals surface area contributed by atoms with E-state index in [-0.39, 0.29) is 11.2 Å². The van der Waals surface area contributed by atoms with Crippen LogP contribution in [0.4, 0.5) is 0 Å². The van der Waals surface area contributed by atoms with Gasteiger partial charge in [-0.05, 0) is 25.2 Å². The van der Waals surface area contributed by atoms with Crippen molar-refractivity contribution in [1.29, 1.82) is 0 Å². The van der Waals surface area contributed by atoms with Gasteiger partial charge in [-0.15, -0.1) is 0 Å². The molecule has 76 valence electrons. The van der Waals surface area contributed by atoms with E-state index in [4.69, 9.17) is 0 Å². The quantitative estimate of drug-likeness (QED) is 0.642. The Bertz CT molecular complexity index is 193. The van der Waals surface area contributed by atoms with Crippen molar-refractivity contribution in [2.24, 2.45) is 11.8 Å². The first kappa shape index (κ1) is 10.9. The third kappa shape index (κ3) is 2.63. The van der Waals surface area contributed by atoms with Crippen molar-refractivity contribution >= 4 is 18.5 Å². The largest absolute Gasteiger partial charge is 0.341 e. The maximum absolute atomic E-state index is 11.6. The molecule has 13 heavy (non-hydrogen) atoms. The summed E-state index contributed by atoms with van der Waals surface area (Å²) in [6.07, 6.45) is 1.13. The van der Waals surface area contributed by atoms with E-state index >= 15 is 0 Å². The van der Waals surface area contributed by atoms with Gasteiger partial charge in [0.1, 0.15) is 0 Å². The first-order valence-electron chi connectivity index (χ1n) is 4.99. The number of hydrogen-bond donors (Lipinski definition) is 1. The molecule has 3 atom stereocenters. The monoisotopic (exact) mass is 201 g/mol. The summed E-state index contributed by atoms with van der Waals surface area (Å²) in [5.41, 5.74) is 0. The summed E-state index contributed by atoms with van der Waals surface area (Å²) >= 11 is 4.16. The van der Waals surface area contributed by atoms with Crippen molar-refractivity contribution in [2.45, 2.75) is 32.4 Å². The van der Waals surface area contributed by atoms with Crippen LogP contribution in [0.5, 0.6) is 0 Å². The fourth-order valence-corrected chi connectivity index (χ4v) is 1.89. The third-order valence-corrected chi connectivity index (χ3v) is 3.22. The number of carbonyl (C=O) groups is 1. The highest BCUT2D eigenvalue weighted by Gasteiger charge is 2.26. The second kappa shape index (κ2) is 4.36. The van der Waals surface area contributed by atoms with Crippen LogP contribution in [0.2, 0.25) is 0 Å². The average Bonchev–Trinajstić information content (AvgIpc) is 2.08. The zero-order valence-corrected chi connectivity index (χ0v) is 9.55. The number of thiol groups is 1. The molecule has 0 saturated carbocycles. The van der Waals surface area contributed by atoms with Crippen LogP contribution >= 0.6 is 12.6 Å². The molecule has 3 unspecified atom stereocenters. The Balaban J connectivity index is 2.50. The summed E-state index contributed by atoms with van der Waals surface area (Å²) in [7, 11) is 0. The standard InChI is InChI=1S/C10H19NOS/c1-7-4-5-11(6-8(7)2)10(12)9(3)13/h7-9,13H,4-6H2,1-3H3. The molecule has 1 saturated heterocycles. The Hall–Kier alpha value is -0.180. The lowest BCUT2D eigenvalue weighted by Crippen LogP contribution is -2.44. The molecule has 1 fully saturated rings. The summed E-state index contributed by atoms with van der Waals surface area (Å²) in [5.74, 6) is 1.56. The normalized spacial score (nSPS) is 31.5. The van der Waals surface area contributed by atoms with Gasteiger partial charge in [-0.3, -0.25) is 4.79 Å². The molecule has 1 heterocycles. The Kier molecular flexibility index (Phi) is 3.65. The molecule has 0 aromatic carbocycles. The van der Waals surface area contributed by atoms with Gasteiger partial charge in [0.25, 0.3) is 0 Å². The van der Waals surface area contributed by atoms with Crippen molar-refractivity contribution in [3.63, 3.8) is 0 Å². The van der Waals surface area contributed by atoms with E-state index in [0.717, 1.165) is 25.4 Å². The molecular weight excluding hydrogens is 182 g/mol. The predicted octanol–water partition coefficient (Wildman–Crippen LogP) is 1.81. The molecule has 0 aromatic heterocycles. The zero-order chi connectivity index (χ0) is 10.0. The Morgan fingerprint density at radius 3 is 2.54 bits per heavy atom. The first-order chi connectivity index (χ1) is 6.02. The number of likely N-dealkylation sites (tertiary alicyclic amines) is 1. The van der Waals surface area contributed by atoms with Gasteiger partial charge < -0.3 is 4.90 Å². The molecule has 0 aromatic rings. The number of rotatable bonds is 1. The lowest BCUT2D eigenvalue weighted by Gasteiger charge is -2.36. The Morgan fingerprint density at radius 1 is 1.46 bits per heavy atom. The van der Waals surface area contributed by atoms with Crippen molar-refractivity contribution in [1.82, 2.24) is 4.90 Å². The van der Waals surface area contributed by atoms with Crippen LogP contribution in [-0.2, 0) is 4.79 Å². The highest BCUT2D eigenvalue weighted by molar-refractivity contribution is 7.81. The summed E-state index contributed by atoms with van der Waals surface area (Å²) in [6.45, 7) is 8.14. The SMILES string of the molecule is CC(S)C(=O)N1CCC(C)C(C)C1. The molecule has 1 amide bonds. The van der Waals surface area contributed by atoms with E-state index in [2.05, 4.69) is 26.5 Å². The third-order valence-electron chi connectivity index (χ3n) is 3.00. The van der Waals surface area contributed by atoms with E-state index < -0.39 is 0 Å². The number of hydrogen-bond acceptors (Lipinski definition) is 2. The van der Waals surface area contributed by atoms with Gasteiger partial charge in [-0.1, -0.05) is 13.8 Å². The van der Waals surface area contributed by atoms with Gasteiger partial charge in [0, 0.05) is 13.1 Å². The lowest BCUT2D eigenvalue weighted by molar-refractivity contribution is -0.132. The first-order valence-corrected chi connectivity index (χ1v) is 5.51. The van der Waals surface area contributed by atoms with E-state index in [0.29, 0.717) is 5.92 Å². The topological polar surface area (TPSA) is 20.3 Å². The minimum Gasteiger partial charge on any atom is -0.341 e. The van der Waals surface area contributed by atoms with Crippen LogP contribution in [-0.4, -0.2) is 29.1 Å². The summed E-state index contributed by atoms with van der Waals surface area (Å²) < 4.78 is 0. The minimum atomic E-state index is -0.152.